The van der Waals surface area contributed by atoms with E-state index in [0.29, 0.717) is 18.8 Å². The van der Waals surface area contributed by atoms with Crippen LogP contribution in [0.15, 0.2) is 6.07 Å². The first-order chi connectivity index (χ1) is 7.11. The van der Waals surface area contributed by atoms with Crippen LogP contribution in [0.25, 0.3) is 0 Å². The van der Waals surface area contributed by atoms with Gasteiger partial charge in [0.25, 0.3) is 5.91 Å². The zero-order chi connectivity index (χ0) is 11.0. The number of amides is 1. The number of hydrogen-bond acceptors (Lipinski definition) is 3. The summed E-state index contributed by atoms with van der Waals surface area (Å²) in [7, 11) is 1.77. The molecular formula is C10H15N3O2. The SMILES string of the molecule is CCc1cc(C(=O)N2CC(O)C2)n(C)n1. The van der Waals surface area contributed by atoms with Gasteiger partial charge in [0, 0.05) is 20.1 Å². The number of aryl methyl sites for hydroxylation is 2. The number of β-amino-alcohol motifs (C(OH)–C–C–N with tert-alkyl or cyclic N) is 1. The molecule has 0 atom stereocenters. The highest BCUT2D eigenvalue weighted by molar-refractivity contribution is 5.93. The lowest BCUT2D eigenvalue weighted by Crippen LogP contribution is -2.53. The van der Waals surface area contributed by atoms with Crippen molar-refractivity contribution < 1.29 is 9.90 Å². The summed E-state index contributed by atoms with van der Waals surface area (Å²) in [5.74, 6) is -0.0463. The molecule has 1 aromatic rings. The summed E-state index contributed by atoms with van der Waals surface area (Å²) in [6.07, 6.45) is 0.469. The summed E-state index contributed by atoms with van der Waals surface area (Å²) in [6, 6.07) is 1.81. The van der Waals surface area contributed by atoms with Crippen LogP contribution >= 0.6 is 0 Å². The van der Waals surface area contributed by atoms with E-state index in [9.17, 15) is 4.79 Å². The number of likely N-dealkylation sites (tertiary alicyclic amines) is 1. The van der Waals surface area contributed by atoms with E-state index in [1.165, 1.54) is 0 Å². The van der Waals surface area contributed by atoms with Gasteiger partial charge < -0.3 is 10.0 Å². The molecule has 1 fully saturated rings. The summed E-state index contributed by atoms with van der Waals surface area (Å²) < 4.78 is 1.60. The highest BCUT2D eigenvalue weighted by Gasteiger charge is 2.30. The van der Waals surface area contributed by atoms with Gasteiger partial charge in [-0.3, -0.25) is 9.48 Å². The number of hydrogen-bond donors (Lipinski definition) is 1. The monoisotopic (exact) mass is 209 g/mol. The molecule has 0 aliphatic carbocycles. The molecule has 0 aromatic carbocycles. The molecule has 0 bridgehead atoms. The Balaban J connectivity index is 2.14. The molecule has 1 N–H and O–H groups in total. The van der Waals surface area contributed by atoms with E-state index in [1.54, 1.807) is 16.6 Å². The van der Waals surface area contributed by atoms with Gasteiger partial charge in [-0.15, -0.1) is 0 Å². The Bertz CT molecular complexity index is 380. The van der Waals surface area contributed by atoms with Crippen molar-refractivity contribution in [3.05, 3.63) is 17.5 Å². The fourth-order valence-electron chi connectivity index (χ4n) is 1.68. The number of aliphatic hydroxyl groups is 1. The van der Waals surface area contributed by atoms with E-state index in [1.807, 2.05) is 13.0 Å². The van der Waals surface area contributed by atoms with Crippen LogP contribution in [0.1, 0.15) is 23.1 Å². The highest BCUT2D eigenvalue weighted by atomic mass is 16.3. The molecule has 5 nitrogen and oxygen atoms in total. The van der Waals surface area contributed by atoms with Crippen molar-refractivity contribution in [2.24, 2.45) is 7.05 Å². The summed E-state index contributed by atoms with van der Waals surface area (Å²) in [6.45, 7) is 2.88. The molecule has 82 valence electrons. The third-order valence-corrected chi connectivity index (χ3v) is 2.66. The molecule has 1 aliphatic rings. The molecule has 0 spiro atoms. The normalized spacial score (nSPS) is 16.6. The van der Waals surface area contributed by atoms with Crippen molar-refractivity contribution in [3.63, 3.8) is 0 Å². The third-order valence-electron chi connectivity index (χ3n) is 2.66. The summed E-state index contributed by atoms with van der Waals surface area (Å²) in [5, 5.41) is 13.3. The average Bonchev–Trinajstić information content (AvgIpc) is 2.54. The smallest absolute Gasteiger partial charge is 0.272 e. The second-order valence-electron chi connectivity index (χ2n) is 3.86. The maximum absolute atomic E-state index is 11.9. The van der Waals surface area contributed by atoms with Crippen LogP contribution in [-0.2, 0) is 13.5 Å². The van der Waals surface area contributed by atoms with Gasteiger partial charge in [-0.2, -0.15) is 5.10 Å². The van der Waals surface area contributed by atoms with Crippen LogP contribution in [0, 0.1) is 0 Å². The average molecular weight is 209 g/mol. The van der Waals surface area contributed by atoms with E-state index >= 15 is 0 Å². The maximum atomic E-state index is 11.9. The molecule has 5 heteroatoms. The first kappa shape index (κ1) is 10.2. The second kappa shape index (κ2) is 3.66. The Hall–Kier alpha value is -1.36. The number of aromatic nitrogens is 2. The molecule has 2 heterocycles. The van der Waals surface area contributed by atoms with E-state index in [0.717, 1.165) is 12.1 Å². The largest absolute Gasteiger partial charge is 0.389 e. The first-order valence-corrected chi connectivity index (χ1v) is 5.12. The van der Waals surface area contributed by atoms with Crippen LogP contribution in [0.2, 0.25) is 0 Å². The Labute approximate surface area is 88.3 Å². The Morgan fingerprint density at radius 1 is 1.67 bits per heavy atom. The molecule has 0 radical (unpaired) electrons. The van der Waals surface area contributed by atoms with E-state index in [-0.39, 0.29) is 12.0 Å². The van der Waals surface area contributed by atoms with Gasteiger partial charge >= 0.3 is 0 Å². The number of rotatable bonds is 2. The quantitative estimate of drug-likeness (QED) is 0.733. The van der Waals surface area contributed by atoms with Crippen molar-refractivity contribution in [2.45, 2.75) is 19.4 Å². The van der Waals surface area contributed by atoms with E-state index in [2.05, 4.69) is 5.10 Å². The lowest BCUT2D eigenvalue weighted by atomic mass is 10.1. The fourth-order valence-corrected chi connectivity index (χ4v) is 1.68. The van der Waals surface area contributed by atoms with Crippen LogP contribution in [-0.4, -0.2) is 44.9 Å². The minimum absolute atomic E-state index is 0.0463. The number of nitrogens with zero attached hydrogens (tertiary/aromatic N) is 3. The van der Waals surface area contributed by atoms with Crippen molar-refractivity contribution in [1.82, 2.24) is 14.7 Å². The van der Waals surface area contributed by atoms with Crippen LogP contribution in [0.5, 0.6) is 0 Å². The molecule has 0 unspecified atom stereocenters. The van der Waals surface area contributed by atoms with Crippen molar-refractivity contribution in [3.8, 4) is 0 Å². The predicted molar refractivity (Wildman–Crippen MR) is 54.5 cm³/mol. The zero-order valence-corrected chi connectivity index (χ0v) is 8.97. The lowest BCUT2D eigenvalue weighted by molar-refractivity contribution is 0.00517. The minimum Gasteiger partial charge on any atom is -0.389 e. The molecule has 2 rings (SSSR count). The number of carbonyl (C=O) groups is 1. The predicted octanol–water partition coefficient (Wildman–Crippen LogP) is -0.201. The first-order valence-electron chi connectivity index (χ1n) is 5.12. The standard InChI is InChI=1S/C10H15N3O2/c1-3-7-4-9(12(2)11-7)10(15)13-5-8(14)6-13/h4,8,14H,3,5-6H2,1-2H3. The van der Waals surface area contributed by atoms with Gasteiger partial charge in [-0.05, 0) is 12.5 Å². The van der Waals surface area contributed by atoms with Gasteiger partial charge in [0.15, 0.2) is 0 Å². The Morgan fingerprint density at radius 3 is 2.80 bits per heavy atom. The van der Waals surface area contributed by atoms with Crippen LogP contribution < -0.4 is 0 Å². The Morgan fingerprint density at radius 2 is 2.33 bits per heavy atom. The summed E-state index contributed by atoms with van der Waals surface area (Å²) in [4.78, 5) is 13.5. The number of carbonyl (C=O) groups excluding carboxylic acids is 1. The van der Waals surface area contributed by atoms with Gasteiger partial charge in [0.2, 0.25) is 0 Å². The van der Waals surface area contributed by atoms with Gasteiger partial charge in [-0.1, -0.05) is 6.92 Å². The van der Waals surface area contributed by atoms with Crippen LogP contribution in [0.3, 0.4) is 0 Å². The molecule has 15 heavy (non-hydrogen) atoms. The van der Waals surface area contributed by atoms with E-state index < -0.39 is 0 Å². The van der Waals surface area contributed by atoms with E-state index in [4.69, 9.17) is 5.11 Å². The molecule has 1 aliphatic heterocycles. The molecule has 1 saturated heterocycles. The topological polar surface area (TPSA) is 58.4 Å². The summed E-state index contributed by atoms with van der Waals surface area (Å²) in [5.41, 5.74) is 1.51. The van der Waals surface area contributed by atoms with Crippen molar-refractivity contribution >= 4 is 5.91 Å². The van der Waals surface area contributed by atoms with Crippen molar-refractivity contribution in [2.75, 3.05) is 13.1 Å². The zero-order valence-electron chi connectivity index (χ0n) is 8.97. The highest BCUT2D eigenvalue weighted by Crippen LogP contribution is 2.13. The molecule has 1 aromatic heterocycles. The van der Waals surface area contributed by atoms with Gasteiger partial charge in [0.1, 0.15) is 5.69 Å². The molecular weight excluding hydrogens is 194 g/mol. The molecule has 1 amide bonds. The lowest BCUT2D eigenvalue weighted by Gasteiger charge is -2.35. The minimum atomic E-state index is -0.354. The number of aliphatic hydroxyl groups excluding tert-OH is 1. The van der Waals surface area contributed by atoms with Crippen molar-refractivity contribution in [1.29, 1.82) is 0 Å². The molecule has 0 saturated carbocycles. The third kappa shape index (κ3) is 1.74. The van der Waals surface area contributed by atoms with Crippen LogP contribution in [0.4, 0.5) is 0 Å². The fraction of sp³-hybridized carbons (Fsp3) is 0.600. The second-order valence-corrected chi connectivity index (χ2v) is 3.86. The maximum Gasteiger partial charge on any atom is 0.272 e. The summed E-state index contributed by atoms with van der Waals surface area (Å²) >= 11 is 0. The Kier molecular flexibility index (Phi) is 2.48. The van der Waals surface area contributed by atoms with Gasteiger partial charge in [0.05, 0.1) is 11.8 Å². The van der Waals surface area contributed by atoms with Gasteiger partial charge in [-0.25, -0.2) is 0 Å².